The lowest BCUT2D eigenvalue weighted by Gasteiger charge is -2.07. The predicted octanol–water partition coefficient (Wildman–Crippen LogP) is 4.25. The molecular formula is C25H20N8. The van der Waals surface area contributed by atoms with Crippen LogP contribution in [0.15, 0.2) is 79.4 Å². The zero-order chi connectivity index (χ0) is 22.0. The molecule has 160 valence electrons. The van der Waals surface area contributed by atoms with Crippen LogP contribution in [0, 0.1) is 0 Å². The van der Waals surface area contributed by atoms with Gasteiger partial charge in [0.15, 0.2) is 11.5 Å². The first-order chi connectivity index (χ1) is 16.3. The topological polar surface area (TPSA) is 108 Å². The summed E-state index contributed by atoms with van der Waals surface area (Å²) in [6, 6.07) is 18.3. The maximum absolute atomic E-state index is 4.62. The Bertz CT molecular complexity index is 1520. The molecular weight excluding hydrogens is 412 g/mol. The van der Waals surface area contributed by atoms with E-state index < -0.39 is 0 Å². The molecule has 8 nitrogen and oxygen atoms in total. The minimum absolute atomic E-state index is 0.665. The molecule has 0 aliphatic carbocycles. The summed E-state index contributed by atoms with van der Waals surface area (Å²) in [5, 5.41) is 11.9. The molecule has 0 aliphatic heterocycles. The number of rotatable bonds is 6. The molecule has 5 aromatic heterocycles. The fourth-order valence-electron chi connectivity index (χ4n) is 3.88. The third-order valence-electron chi connectivity index (χ3n) is 5.52. The van der Waals surface area contributed by atoms with E-state index in [1.165, 1.54) is 5.56 Å². The molecule has 0 atom stereocenters. The number of hydrogen-bond acceptors (Lipinski definition) is 6. The smallest absolute Gasteiger partial charge is 0.178 e. The number of nitrogens with zero attached hydrogens (tertiary/aromatic N) is 5. The largest absolute Gasteiger partial charge is 0.335 e. The van der Waals surface area contributed by atoms with Gasteiger partial charge in [0.25, 0.3) is 0 Å². The summed E-state index contributed by atoms with van der Waals surface area (Å²) in [5.41, 5.74) is 7.25. The number of fused-ring (bicyclic) bond motifs is 2. The molecule has 0 bridgehead atoms. The molecule has 3 N–H and O–H groups in total. The van der Waals surface area contributed by atoms with Crippen molar-refractivity contribution in [2.24, 2.45) is 0 Å². The van der Waals surface area contributed by atoms with Crippen LogP contribution in [0.2, 0.25) is 0 Å². The highest BCUT2D eigenvalue weighted by molar-refractivity contribution is 5.94. The van der Waals surface area contributed by atoms with Crippen molar-refractivity contribution in [3.63, 3.8) is 0 Å². The van der Waals surface area contributed by atoms with Crippen LogP contribution in [0.25, 0.3) is 44.8 Å². The lowest BCUT2D eigenvalue weighted by atomic mass is 10.1. The van der Waals surface area contributed by atoms with E-state index in [1.807, 2.05) is 48.8 Å². The highest BCUT2D eigenvalue weighted by Gasteiger charge is 2.14. The minimum atomic E-state index is 0.665. The number of H-pyrrole nitrogens is 2. The number of pyridine rings is 3. The van der Waals surface area contributed by atoms with Crippen molar-refractivity contribution < 1.29 is 0 Å². The molecule has 0 fully saturated rings. The van der Waals surface area contributed by atoms with E-state index in [1.54, 1.807) is 12.4 Å². The number of aromatic nitrogens is 7. The number of aromatic amines is 2. The van der Waals surface area contributed by atoms with Gasteiger partial charge in [-0.2, -0.15) is 5.10 Å². The number of nitrogens with one attached hydrogen (secondary N) is 3. The fourth-order valence-corrected chi connectivity index (χ4v) is 3.88. The van der Waals surface area contributed by atoms with Crippen molar-refractivity contribution in [3.05, 3.63) is 90.5 Å². The van der Waals surface area contributed by atoms with Gasteiger partial charge < -0.3 is 10.3 Å². The molecule has 6 aromatic rings. The second-order valence-electron chi connectivity index (χ2n) is 7.82. The van der Waals surface area contributed by atoms with Crippen molar-refractivity contribution in [2.45, 2.75) is 13.1 Å². The summed E-state index contributed by atoms with van der Waals surface area (Å²) in [6.45, 7) is 1.53. The summed E-state index contributed by atoms with van der Waals surface area (Å²) < 4.78 is 0. The van der Waals surface area contributed by atoms with Gasteiger partial charge in [0, 0.05) is 42.6 Å². The molecule has 0 spiro atoms. The van der Waals surface area contributed by atoms with E-state index in [0.29, 0.717) is 11.5 Å². The molecule has 8 heteroatoms. The van der Waals surface area contributed by atoms with E-state index in [4.69, 9.17) is 0 Å². The van der Waals surface area contributed by atoms with E-state index in [0.717, 1.165) is 52.0 Å². The minimum Gasteiger partial charge on any atom is -0.335 e. The molecule has 0 radical (unpaired) electrons. The van der Waals surface area contributed by atoms with E-state index in [-0.39, 0.29) is 0 Å². The van der Waals surface area contributed by atoms with Gasteiger partial charge >= 0.3 is 0 Å². The van der Waals surface area contributed by atoms with Crippen LogP contribution >= 0.6 is 0 Å². The van der Waals surface area contributed by atoms with Gasteiger partial charge in [-0.1, -0.05) is 30.3 Å². The second-order valence-corrected chi connectivity index (χ2v) is 7.82. The van der Waals surface area contributed by atoms with Crippen molar-refractivity contribution in [2.75, 3.05) is 0 Å². The fraction of sp³-hybridized carbons (Fsp3) is 0.0800. The molecule has 6 rings (SSSR count). The van der Waals surface area contributed by atoms with Crippen molar-refractivity contribution in [3.8, 4) is 22.8 Å². The molecule has 5 heterocycles. The molecule has 33 heavy (non-hydrogen) atoms. The van der Waals surface area contributed by atoms with Crippen LogP contribution in [0.3, 0.4) is 0 Å². The first-order valence-electron chi connectivity index (χ1n) is 10.7. The Morgan fingerprint density at radius 3 is 2.64 bits per heavy atom. The third kappa shape index (κ3) is 3.83. The summed E-state index contributed by atoms with van der Waals surface area (Å²) in [7, 11) is 0. The highest BCUT2D eigenvalue weighted by atomic mass is 15.1. The molecule has 0 amide bonds. The van der Waals surface area contributed by atoms with Gasteiger partial charge in [0.2, 0.25) is 0 Å². The van der Waals surface area contributed by atoms with Gasteiger partial charge in [0.1, 0.15) is 5.69 Å². The molecule has 0 saturated carbocycles. The van der Waals surface area contributed by atoms with E-state index >= 15 is 0 Å². The number of hydrogen-bond donors (Lipinski definition) is 3. The average molecular weight is 432 g/mol. The molecule has 0 aliphatic rings. The molecule has 0 saturated heterocycles. The van der Waals surface area contributed by atoms with E-state index in [9.17, 15) is 0 Å². The normalized spacial score (nSPS) is 11.4. The average Bonchev–Trinajstić information content (AvgIpc) is 3.48. The second kappa shape index (κ2) is 8.25. The van der Waals surface area contributed by atoms with Crippen molar-refractivity contribution >= 4 is 22.1 Å². The van der Waals surface area contributed by atoms with Crippen LogP contribution in [-0.4, -0.2) is 35.1 Å². The van der Waals surface area contributed by atoms with Gasteiger partial charge in [-0.25, -0.2) is 9.97 Å². The Morgan fingerprint density at radius 1 is 0.818 bits per heavy atom. The Labute approximate surface area is 189 Å². The monoisotopic (exact) mass is 432 g/mol. The Kier molecular flexibility index (Phi) is 4.82. The summed E-state index contributed by atoms with van der Waals surface area (Å²) in [6.07, 6.45) is 7.24. The highest BCUT2D eigenvalue weighted by Crippen LogP contribution is 2.28. The Balaban J connectivity index is 1.28. The predicted molar refractivity (Wildman–Crippen MR) is 127 cm³/mol. The zero-order valence-corrected chi connectivity index (χ0v) is 17.7. The Hall–Kier alpha value is -4.43. The van der Waals surface area contributed by atoms with Gasteiger partial charge in [-0.15, -0.1) is 0 Å². The third-order valence-corrected chi connectivity index (χ3v) is 5.52. The van der Waals surface area contributed by atoms with Gasteiger partial charge in [-0.05, 0) is 35.4 Å². The summed E-state index contributed by atoms with van der Waals surface area (Å²) >= 11 is 0. The standard InChI is InChI=1S/C25H20N8/c1-2-5-16(6-3-1)11-26-12-17-9-18(14-27-13-17)21-10-19-22(15-29-21)32-33-23(19)25-30-20-7-4-8-28-24(20)31-25/h1-10,13-15,26H,11-12H2,(H,32,33)(H,28,30,31). The zero-order valence-electron chi connectivity index (χ0n) is 17.7. The lowest BCUT2D eigenvalue weighted by Crippen LogP contribution is -2.12. The van der Waals surface area contributed by atoms with Gasteiger partial charge in [0.05, 0.1) is 22.9 Å². The first-order valence-corrected chi connectivity index (χ1v) is 10.7. The van der Waals surface area contributed by atoms with Crippen LogP contribution in [0.4, 0.5) is 0 Å². The molecule has 1 aromatic carbocycles. The van der Waals surface area contributed by atoms with Crippen LogP contribution < -0.4 is 5.32 Å². The van der Waals surface area contributed by atoms with E-state index in [2.05, 4.69) is 58.6 Å². The Morgan fingerprint density at radius 2 is 1.73 bits per heavy atom. The summed E-state index contributed by atoms with van der Waals surface area (Å²) in [4.78, 5) is 21.2. The molecule has 0 unspecified atom stereocenters. The summed E-state index contributed by atoms with van der Waals surface area (Å²) in [5.74, 6) is 0.670. The maximum atomic E-state index is 4.62. The van der Waals surface area contributed by atoms with Crippen molar-refractivity contribution in [1.82, 2.24) is 40.4 Å². The maximum Gasteiger partial charge on any atom is 0.178 e. The first kappa shape index (κ1) is 19.3. The number of benzene rings is 1. The van der Waals surface area contributed by atoms with Crippen LogP contribution in [0.5, 0.6) is 0 Å². The van der Waals surface area contributed by atoms with Crippen LogP contribution in [-0.2, 0) is 13.1 Å². The quantitative estimate of drug-likeness (QED) is 0.363. The SMILES string of the molecule is c1ccc(CNCc2cncc(-c3cc4c(-c5nc6ncccc6[nH]5)n[nH]c4cn3)c2)cc1. The lowest BCUT2D eigenvalue weighted by molar-refractivity contribution is 0.691. The number of imidazole rings is 1. The van der Waals surface area contributed by atoms with Crippen LogP contribution in [0.1, 0.15) is 11.1 Å². The van der Waals surface area contributed by atoms with Crippen molar-refractivity contribution in [1.29, 1.82) is 0 Å². The van der Waals surface area contributed by atoms with Gasteiger partial charge in [-0.3, -0.25) is 15.1 Å².